The van der Waals surface area contributed by atoms with Gasteiger partial charge in [0.05, 0.1) is 12.9 Å². The molecule has 122 valence electrons. The second kappa shape index (κ2) is 7.80. The van der Waals surface area contributed by atoms with Crippen LogP contribution in [0.4, 0.5) is 0 Å². The third-order valence-corrected chi connectivity index (χ3v) is 7.20. The van der Waals surface area contributed by atoms with Gasteiger partial charge in [-0.15, -0.1) is 0 Å². The smallest absolute Gasteiger partial charge is 0.305 e. The molecule has 0 spiro atoms. The Morgan fingerprint density at radius 3 is 2.57 bits per heavy atom. The first-order valence-corrected chi connectivity index (χ1v) is 10.2. The van der Waals surface area contributed by atoms with Crippen LogP contribution in [0.15, 0.2) is 0 Å². The van der Waals surface area contributed by atoms with Crippen LogP contribution in [0.2, 0.25) is 0 Å². The van der Waals surface area contributed by atoms with Crippen LogP contribution >= 0.6 is 11.8 Å². The molecule has 2 fully saturated rings. The molecule has 0 aromatic heterocycles. The van der Waals surface area contributed by atoms with Gasteiger partial charge in [-0.25, -0.2) is 8.42 Å². The summed E-state index contributed by atoms with van der Waals surface area (Å²) in [6.45, 7) is 2.78. The van der Waals surface area contributed by atoms with E-state index in [0.29, 0.717) is 25.6 Å². The van der Waals surface area contributed by atoms with Gasteiger partial charge in [0.1, 0.15) is 0 Å². The number of hydrogen-bond donors (Lipinski definition) is 0. The molecule has 0 N–H and O–H groups in total. The van der Waals surface area contributed by atoms with Gasteiger partial charge in [-0.3, -0.25) is 9.69 Å². The fourth-order valence-electron chi connectivity index (χ4n) is 2.79. The first kappa shape index (κ1) is 17.1. The summed E-state index contributed by atoms with van der Waals surface area (Å²) in [5.41, 5.74) is 0. The van der Waals surface area contributed by atoms with E-state index in [4.69, 9.17) is 0 Å². The van der Waals surface area contributed by atoms with Crippen LogP contribution < -0.4 is 0 Å². The molecule has 1 unspecified atom stereocenters. The van der Waals surface area contributed by atoms with E-state index < -0.39 is 10.0 Å². The lowest BCUT2D eigenvalue weighted by molar-refractivity contribution is -0.140. The van der Waals surface area contributed by atoms with Crippen molar-refractivity contribution >= 4 is 27.8 Å². The fourth-order valence-corrected chi connectivity index (χ4v) is 5.53. The SMILES string of the molecule is COC(=O)CCCS(=O)(=O)N1CCN(C2CCSC2)CC1. The number of piperazine rings is 1. The summed E-state index contributed by atoms with van der Waals surface area (Å²) in [5.74, 6) is 2.07. The Bertz CT molecular complexity index is 441. The molecule has 0 aliphatic carbocycles. The van der Waals surface area contributed by atoms with Gasteiger partial charge in [0.2, 0.25) is 10.0 Å². The number of nitrogens with zero attached hydrogens (tertiary/aromatic N) is 2. The highest BCUT2D eigenvalue weighted by Gasteiger charge is 2.30. The highest BCUT2D eigenvalue weighted by Crippen LogP contribution is 2.23. The predicted octanol–water partition coefficient (Wildman–Crippen LogP) is 0.393. The molecular weight excluding hydrogens is 312 g/mol. The quantitative estimate of drug-likeness (QED) is 0.654. The van der Waals surface area contributed by atoms with Crippen LogP contribution in [0.1, 0.15) is 19.3 Å². The van der Waals surface area contributed by atoms with Crippen molar-refractivity contribution in [1.29, 1.82) is 0 Å². The summed E-state index contributed by atoms with van der Waals surface area (Å²) in [6, 6.07) is 0.624. The van der Waals surface area contributed by atoms with E-state index in [0.717, 1.165) is 13.1 Å². The zero-order chi connectivity index (χ0) is 15.3. The Hall–Kier alpha value is -0.310. The van der Waals surface area contributed by atoms with Crippen LogP contribution in [0.3, 0.4) is 0 Å². The van der Waals surface area contributed by atoms with Gasteiger partial charge < -0.3 is 4.74 Å². The maximum absolute atomic E-state index is 12.2. The monoisotopic (exact) mass is 336 g/mol. The van der Waals surface area contributed by atoms with Gasteiger partial charge in [0, 0.05) is 44.4 Å². The Balaban J connectivity index is 1.76. The van der Waals surface area contributed by atoms with E-state index in [1.165, 1.54) is 25.0 Å². The molecule has 2 heterocycles. The first-order chi connectivity index (χ1) is 10.0. The van der Waals surface area contributed by atoms with Crippen molar-refractivity contribution in [2.75, 3.05) is 50.5 Å². The number of thioether (sulfide) groups is 1. The topological polar surface area (TPSA) is 66.9 Å². The lowest BCUT2D eigenvalue weighted by atomic mass is 10.2. The maximum Gasteiger partial charge on any atom is 0.305 e. The molecule has 2 saturated heterocycles. The van der Waals surface area contributed by atoms with Crippen molar-refractivity contribution in [2.45, 2.75) is 25.3 Å². The Kier molecular flexibility index (Phi) is 6.34. The highest BCUT2D eigenvalue weighted by atomic mass is 32.2. The third kappa shape index (κ3) is 4.84. The van der Waals surface area contributed by atoms with Gasteiger partial charge >= 0.3 is 5.97 Å². The number of carbonyl (C=O) groups excluding carboxylic acids is 1. The summed E-state index contributed by atoms with van der Waals surface area (Å²) in [7, 11) is -1.92. The molecule has 0 aromatic rings. The lowest BCUT2D eigenvalue weighted by Crippen LogP contribution is -2.52. The summed E-state index contributed by atoms with van der Waals surface area (Å²) in [6.07, 6.45) is 1.71. The fraction of sp³-hybridized carbons (Fsp3) is 0.923. The minimum Gasteiger partial charge on any atom is -0.469 e. The standard InChI is InChI=1S/C13H24N2O4S2/c1-19-13(16)3-2-10-21(17,18)15-7-5-14(6-8-15)12-4-9-20-11-12/h12H,2-11H2,1H3. The van der Waals surface area contributed by atoms with Gasteiger partial charge in [0.25, 0.3) is 0 Å². The Morgan fingerprint density at radius 1 is 1.29 bits per heavy atom. The molecule has 21 heavy (non-hydrogen) atoms. The van der Waals surface area contributed by atoms with E-state index in [1.54, 1.807) is 4.31 Å². The number of carbonyl (C=O) groups is 1. The van der Waals surface area contributed by atoms with Crippen molar-refractivity contribution < 1.29 is 17.9 Å². The van der Waals surface area contributed by atoms with Crippen molar-refractivity contribution in [3.63, 3.8) is 0 Å². The third-order valence-electron chi connectivity index (χ3n) is 4.10. The van der Waals surface area contributed by atoms with Gasteiger partial charge in [-0.1, -0.05) is 0 Å². The molecule has 0 radical (unpaired) electrons. The molecule has 0 aromatic carbocycles. The van der Waals surface area contributed by atoms with Crippen molar-refractivity contribution in [3.8, 4) is 0 Å². The van der Waals surface area contributed by atoms with Crippen molar-refractivity contribution in [3.05, 3.63) is 0 Å². The minimum atomic E-state index is -3.24. The molecule has 0 amide bonds. The van der Waals surface area contributed by atoms with Gasteiger partial charge in [-0.2, -0.15) is 16.1 Å². The molecule has 0 saturated carbocycles. The first-order valence-electron chi connectivity index (χ1n) is 7.39. The Morgan fingerprint density at radius 2 is 2.00 bits per heavy atom. The number of methoxy groups -OCH3 is 1. The second-order valence-electron chi connectivity index (χ2n) is 5.45. The second-order valence-corrected chi connectivity index (χ2v) is 8.69. The molecule has 1 atom stereocenters. The normalized spacial score (nSPS) is 25.1. The molecule has 2 rings (SSSR count). The lowest BCUT2D eigenvalue weighted by Gasteiger charge is -2.37. The summed E-state index contributed by atoms with van der Waals surface area (Å²) >= 11 is 1.98. The summed E-state index contributed by atoms with van der Waals surface area (Å²) in [5, 5.41) is 0. The summed E-state index contributed by atoms with van der Waals surface area (Å²) in [4.78, 5) is 13.4. The summed E-state index contributed by atoms with van der Waals surface area (Å²) < 4.78 is 30.6. The van der Waals surface area contributed by atoms with Crippen LogP contribution in [0.25, 0.3) is 0 Å². The molecule has 2 aliphatic rings. The molecular formula is C13H24N2O4S2. The van der Waals surface area contributed by atoms with Crippen molar-refractivity contribution in [2.24, 2.45) is 0 Å². The number of sulfonamides is 1. The number of rotatable bonds is 6. The highest BCUT2D eigenvalue weighted by molar-refractivity contribution is 7.99. The van der Waals surface area contributed by atoms with Crippen LogP contribution in [-0.2, 0) is 19.6 Å². The van der Waals surface area contributed by atoms with Crippen LogP contribution in [0, 0.1) is 0 Å². The largest absolute Gasteiger partial charge is 0.469 e. The minimum absolute atomic E-state index is 0.0291. The van der Waals surface area contributed by atoms with E-state index >= 15 is 0 Å². The van der Waals surface area contributed by atoms with Crippen LogP contribution in [0.5, 0.6) is 0 Å². The maximum atomic E-state index is 12.2. The van der Waals surface area contributed by atoms with E-state index in [1.807, 2.05) is 11.8 Å². The van der Waals surface area contributed by atoms with Gasteiger partial charge in [-0.05, 0) is 18.6 Å². The predicted molar refractivity (Wildman–Crippen MR) is 83.9 cm³/mol. The average Bonchev–Trinajstić information content (AvgIpc) is 3.01. The number of ether oxygens (including phenoxy) is 1. The van der Waals surface area contributed by atoms with Gasteiger partial charge in [0.15, 0.2) is 0 Å². The van der Waals surface area contributed by atoms with E-state index in [2.05, 4.69) is 9.64 Å². The molecule has 0 bridgehead atoms. The zero-order valence-corrected chi connectivity index (χ0v) is 14.1. The van der Waals surface area contributed by atoms with E-state index in [-0.39, 0.29) is 18.1 Å². The number of hydrogen-bond acceptors (Lipinski definition) is 6. The molecule has 6 nitrogen and oxygen atoms in total. The Labute approximate surface area is 131 Å². The average molecular weight is 336 g/mol. The van der Waals surface area contributed by atoms with E-state index in [9.17, 15) is 13.2 Å². The van der Waals surface area contributed by atoms with Crippen LogP contribution in [-0.4, -0.2) is 80.2 Å². The molecule has 8 heteroatoms. The molecule has 2 aliphatic heterocycles. The zero-order valence-electron chi connectivity index (χ0n) is 12.5. The number of esters is 1. The van der Waals surface area contributed by atoms with Crippen molar-refractivity contribution in [1.82, 2.24) is 9.21 Å².